The third kappa shape index (κ3) is 5.13. The van der Waals surface area contributed by atoms with Crippen molar-refractivity contribution in [3.63, 3.8) is 0 Å². The van der Waals surface area contributed by atoms with Gasteiger partial charge in [0, 0.05) is 42.8 Å². The second-order valence-corrected chi connectivity index (χ2v) is 10.5. The molecule has 0 saturated carbocycles. The van der Waals surface area contributed by atoms with Crippen LogP contribution < -0.4 is 5.32 Å². The van der Waals surface area contributed by atoms with Gasteiger partial charge in [-0.3, -0.25) is 9.59 Å². The largest absolute Gasteiger partial charge is 0.336 e. The summed E-state index contributed by atoms with van der Waals surface area (Å²) >= 11 is 0. The molecule has 2 aromatic carbocycles. The van der Waals surface area contributed by atoms with Crippen LogP contribution in [-0.2, 0) is 14.8 Å². The lowest BCUT2D eigenvalue weighted by atomic mass is 9.95. The highest BCUT2D eigenvalue weighted by molar-refractivity contribution is 7.89. The molecule has 0 aromatic heterocycles. The van der Waals surface area contributed by atoms with E-state index < -0.39 is 32.0 Å². The minimum absolute atomic E-state index is 0.0511. The number of nitrogens with one attached hydrogen (secondary N) is 1. The number of rotatable bonds is 4. The Morgan fingerprint density at radius 1 is 0.969 bits per heavy atom. The van der Waals surface area contributed by atoms with Gasteiger partial charge in [0.1, 0.15) is 16.5 Å². The Bertz CT molecular complexity index is 1140. The van der Waals surface area contributed by atoms with Gasteiger partial charge in [-0.25, -0.2) is 17.2 Å². The highest BCUT2D eigenvalue weighted by Gasteiger charge is 2.32. The lowest BCUT2D eigenvalue weighted by Gasteiger charge is -2.34. The Balaban J connectivity index is 1.69. The molecular weight excluding hydrogens is 440 g/mol. The summed E-state index contributed by atoms with van der Waals surface area (Å²) < 4.78 is 53.9. The summed E-state index contributed by atoms with van der Waals surface area (Å²) in [4.78, 5) is 25.8. The second-order valence-electron chi connectivity index (χ2n) is 8.56. The summed E-state index contributed by atoms with van der Waals surface area (Å²) in [5, 5.41) is 2.77. The molecule has 0 unspecified atom stereocenters. The molecular formula is C22H25F2N3O4S. The van der Waals surface area contributed by atoms with Gasteiger partial charge in [-0.15, -0.1) is 0 Å². The van der Waals surface area contributed by atoms with Crippen molar-refractivity contribution < 1.29 is 26.8 Å². The van der Waals surface area contributed by atoms with Crippen molar-refractivity contribution in [1.29, 1.82) is 0 Å². The zero-order valence-electron chi connectivity index (χ0n) is 18.1. The van der Waals surface area contributed by atoms with Gasteiger partial charge < -0.3 is 10.2 Å². The molecule has 172 valence electrons. The molecule has 1 N–H and O–H groups in total. The fraction of sp³-hybridized carbons (Fsp3) is 0.364. The minimum atomic E-state index is -4.23. The van der Waals surface area contributed by atoms with Crippen molar-refractivity contribution in [2.24, 2.45) is 5.41 Å². The maximum absolute atomic E-state index is 14.0. The number of sulfonamides is 1. The first-order chi connectivity index (χ1) is 14.9. The van der Waals surface area contributed by atoms with Crippen LogP contribution in [0.4, 0.5) is 14.5 Å². The van der Waals surface area contributed by atoms with Crippen molar-refractivity contribution in [2.75, 3.05) is 31.5 Å². The number of anilines is 1. The van der Waals surface area contributed by atoms with Crippen LogP contribution in [0.15, 0.2) is 47.4 Å². The van der Waals surface area contributed by atoms with Crippen molar-refractivity contribution in [3.05, 3.63) is 59.7 Å². The number of carbonyl (C=O) groups is 2. The Morgan fingerprint density at radius 2 is 1.62 bits per heavy atom. The average Bonchev–Trinajstić information content (AvgIpc) is 2.74. The molecule has 1 aliphatic heterocycles. The number of nitrogens with zero attached hydrogens (tertiary/aromatic N) is 2. The Hall–Kier alpha value is -2.85. The van der Waals surface area contributed by atoms with Crippen molar-refractivity contribution in [3.8, 4) is 0 Å². The smallest absolute Gasteiger partial charge is 0.254 e. The van der Waals surface area contributed by atoms with E-state index in [2.05, 4.69) is 5.32 Å². The van der Waals surface area contributed by atoms with E-state index >= 15 is 0 Å². The lowest BCUT2D eigenvalue weighted by Crippen LogP contribution is -2.50. The van der Waals surface area contributed by atoms with Crippen LogP contribution in [0.25, 0.3) is 0 Å². The summed E-state index contributed by atoms with van der Waals surface area (Å²) in [6.07, 6.45) is 0. The number of hydrogen-bond acceptors (Lipinski definition) is 4. The molecule has 0 spiro atoms. The first-order valence-electron chi connectivity index (χ1n) is 10.1. The fourth-order valence-electron chi connectivity index (χ4n) is 3.18. The van der Waals surface area contributed by atoms with E-state index in [1.54, 1.807) is 45.0 Å². The molecule has 1 saturated heterocycles. The van der Waals surface area contributed by atoms with Gasteiger partial charge in [-0.1, -0.05) is 26.8 Å². The van der Waals surface area contributed by atoms with Gasteiger partial charge in [0.25, 0.3) is 5.91 Å². The molecule has 7 nitrogen and oxygen atoms in total. The molecule has 0 radical (unpaired) electrons. The van der Waals surface area contributed by atoms with E-state index in [0.29, 0.717) is 17.3 Å². The maximum atomic E-state index is 14.0. The topological polar surface area (TPSA) is 86.8 Å². The first-order valence-corrected chi connectivity index (χ1v) is 11.5. The van der Waals surface area contributed by atoms with Gasteiger partial charge in [-0.2, -0.15) is 4.31 Å². The Morgan fingerprint density at radius 3 is 2.25 bits per heavy atom. The summed E-state index contributed by atoms with van der Waals surface area (Å²) in [6.45, 7) is 5.41. The van der Waals surface area contributed by atoms with Crippen LogP contribution in [0.5, 0.6) is 0 Å². The van der Waals surface area contributed by atoms with Crippen LogP contribution >= 0.6 is 0 Å². The summed E-state index contributed by atoms with van der Waals surface area (Å²) in [6, 6.07) is 8.78. The molecule has 10 heteroatoms. The van der Waals surface area contributed by atoms with E-state index in [1.807, 2.05) is 0 Å². The van der Waals surface area contributed by atoms with Gasteiger partial charge in [0.05, 0.1) is 0 Å². The average molecular weight is 466 g/mol. The molecule has 3 rings (SSSR count). The molecule has 32 heavy (non-hydrogen) atoms. The van der Waals surface area contributed by atoms with Gasteiger partial charge in [-0.05, 0) is 36.4 Å². The molecule has 2 amide bonds. The van der Waals surface area contributed by atoms with Crippen molar-refractivity contribution in [1.82, 2.24) is 9.21 Å². The molecule has 0 bridgehead atoms. The Labute approximate surface area is 186 Å². The highest BCUT2D eigenvalue weighted by atomic mass is 32.2. The van der Waals surface area contributed by atoms with Gasteiger partial charge in [0.15, 0.2) is 0 Å². The van der Waals surface area contributed by atoms with Crippen molar-refractivity contribution in [2.45, 2.75) is 25.7 Å². The van der Waals surface area contributed by atoms with Crippen LogP contribution in [0.3, 0.4) is 0 Å². The van der Waals surface area contributed by atoms with Crippen molar-refractivity contribution >= 4 is 27.5 Å². The summed E-state index contributed by atoms with van der Waals surface area (Å²) in [5.74, 6) is -2.38. The predicted octanol–water partition coefficient (Wildman–Crippen LogP) is 3.10. The molecule has 0 aliphatic carbocycles. The van der Waals surface area contributed by atoms with E-state index in [9.17, 15) is 26.8 Å². The first kappa shape index (κ1) is 23.8. The number of piperazine rings is 1. The van der Waals surface area contributed by atoms with E-state index in [0.717, 1.165) is 16.4 Å². The third-order valence-corrected chi connectivity index (χ3v) is 7.00. The maximum Gasteiger partial charge on any atom is 0.254 e. The summed E-state index contributed by atoms with van der Waals surface area (Å²) in [7, 11) is -4.23. The monoisotopic (exact) mass is 465 g/mol. The van der Waals surface area contributed by atoms with E-state index in [-0.39, 0.29) is 38.0 Å². The number of halogens is 2. The third-order valence-electron chi connectivity index (χ3n) is 5.09. The standard InChI is InChI=1S/C22H25F2N3O4S/c1-22(2,3)21(29)25-17-6-4-5-15(13-17)20(28)26-9-11-27(12-10-26)32(30,31)19-14-16(23)7-8-18(19)24/h4-8,13-14H,9-12H2,1-3H3,(H,25,29). The number of benzene rings is 2. The number of amides is 2. The molecule has 1 aliphatic rings. The van der Waals surface area contributed by atoms with Crippen LogP contribution in [0.2, 0.25) is 0 Å². The van der Waals surface area contributed by atoms with E-state index in [1.165, 1.54) is 4.90 Å². The Kier molecular flexibility index (Phi) is 6.66. The normalized spacial score (nSPS) is 15.5. The molecule has 1 heterocycles. The SMILES string of the molecule is CC(C)(C)C(=O)Nc1cccc(C(=O)N2CCN(S(=O)(=O)c3cc(F)ccc3F)CC2)c1. The number of hydrogen-bond donors (Lipinski definition) is 1. The van der Waals surface area contributed by atoms with Crippen LogP contribution in [-0.4, -0.2) is 55.6 Å². The quantitative estimate of drug-likeness (QED) is 0.752. The van der Waals surface area contributed by atoms with E-state index in [4.69, 9.17) is 0 Å². The molecule has 2 aromatic rings. The van der Waals surface area contributed by atoms with Gasteiger partial charge in [0.2, 0.25) is 15.9 Å². The molecule has 1 fully saturated rings. The van der Waals surface area contributed by atoms with Crippen LogP contribution in [0.1, 0.15) is 31.1 Å². The number of carbonyl (C=O) groups excluding carboxylic acids is 2. The zero-order valence-corrected chi connectivity index (χ0v) is 18.9. The summed E-state index contributed by atoms with van der Waals surface area (Å²) in [5.41, 5.74) is 0.242. The minimum Gasteiger partial charge on any atom is -0.336 e. The fourth-order valence-corrected chi connectivity index (χ4v) is 4.67. The molecule has 0 atom stereocenters. The highest BCUT2D eigenvalue weighted by Crippen LogP contribution is 2.23. The van der Waals surface area contributed by atoms with Crippen LogP contribution in [0, 0.1) is 17.0 Å². The lowest BCUT2D eigenvalue weighted by molar-refractivity contribution is -0.123. The van der Waals surface area contributed by atoms with Gasteiger partial charge >= 0.3 is 0 Å². The predicted molar refractivity (Wildman–Crippen MR) is 116 cm³/mol. The zero-order chi connectivity index (χ0) is 23.7. The second kappa shape index (κ2) is 8.95.